The molecule has 0 aliphatic carbocycles. The Labute approximate surface area is 172 Å². The van der Waals surface area contributed by atoms with Gasteiger partial charge in [-0.3, -0.25) is 9.59 Å². The third kappa shape index (κ3) is 3.35. The summed E-state index contributed by atoms with van der Waals surface area (Å²) in [5, 5.41) is 3.70. The third-order valence-electron chi connectivity index (χ3n) is 4.39. The summed E-state index contributed by atoms with van der Waals surface area (Å²) >= 11 is 5.99. The Morgan fingerprint density at radius 1 is 1.10 bits per heavy atom. The van der Waals surface area contributed by atoms with Crippen LogP contribution in [0, 0.1) is 11.6 Å². The Morgan fingerprint density at radius 2 is 1.90 bits per heavy atom. The predicted molar refractivity (Wildman–Crippen MR) is 107 cm³/mol. The first-order chi connectivity index (χ1) is 14.4. The second-order valence-corrected chi connectivity index (χ2v) is 6.70. The van der Waals surface area contributed by atoms with Crippen LogP contribution in [0.25, 0.3) is 11.0 Å². The van der Waals surface area contributed by atoms with Crippen molar-refractivity contribution in [2.75, 3.05) is 5.32 Å². The van der Waals surface area contributed by atoms with E-state index in [4.69, 9.17) is 17.3 Å². The smallest absolute Gasteiger partial charge is 0.251 e. The minimum atomic E-state index is -1.33. The predicted octanol–water partition coefficient (Wildman–Crippen LogP) is 3.96. The number of nitrogens with one attached hydrogen (secondary N) is 2. The molecule has 4 aromatic rings. The number of hydrogen-bond donors (Lipinski definition) is 3. The SMILES string of the molecule is NC(=O)c1ccc(F)c(C(=O)c2c[nH]c3ncnc(Nc4cccc(Cl)c4)c23)c1F. The van der Waals surface area contributed by atoms with Gasteiger partial charge in [0.1, 0.15) is 29.4 Å². The molecule has 1 amide bonds. The molecule has 10 heteroatoms. The first-order valence-corrected chi connectivity index (χ1v) is 8.91. The molecule has 4 rings (SSSR count). The lowest BCUT2D eigenvalue weighted by molar-refractivity contribution is 0.0996. The summed E-state index contributed by atoms with van der Waals surface area (Å²) in [5.74, 6) is -4.35. The number of aromatic nitrogens is 3. The Kier molecular flexibility index (Phi) is 4.88. The number of benzene rings is 2. The van der Waals surface area contributed by atoms with Gasteiger partial charge >= 0.3 is 0 Å². The van der Waals surface area contributed by atoms with Gasteiger partial charge in [-0.2, -0.15) is 0 Å². The molecule has 0 radical (unpaired) electrons. The molecule has 0 saturated carbocycles. The number of carbonyl (C=O) groups is 2. The average Bonchev–Trinajstić information content (AvgIpc) is 3.13. The van der Waals surface area contributed by atoms with Crippen LogP contribution < -0.4 is 11.1 Å². The molecule has 2 aromatic heterocycles. The van der Waals surface area contributed by atoms with Gasteiger partial charge in [0.25, 0.3) is 5.91 Å². The number of aromatic amines is 1. The Hall–Kier alpha value is -3.85. The van der Waals surface area contributed by atoms with Crippen molar-refractivity contribution < 1.29 is 18.4 Å². The molecule has 0 bridgehead atoms. The number of halogens is 3. The van der Waals surface area contributed by atoms with E-state index in [1.165, 1.54) is 12.5 Å². The average molecular weight is 428 g/mol. The van der Waals surface area contributed by atoms with E-state index in [0.717, 1.165) is 12.1 Å². The van der Waals surface area contributed by atoms with E-state index in [0.29, 0.717) is 10.7 Å². The molecule has 0 aliphatic rings. The zero-order valence-electron chi connectivity index (χ0n) is 15.0. The Morgan fingerprint density at radius 3 is 2.63 bits per heavy atom. The fourth-order valence-electron chi connectivity index (χ4n) is 3.03. The van der Waals surface area contributed by atoms with Crippen molar-refractivity contribution in [1.29, 1.82) is 0 Å². The van der Waals surface area contributed by atoms with Crippen molar-refractivity contribution in [3.05, 3.63) is 82.3 Å². The van der Waals surface area contributed by atoms with E-state index in [1.807, 2.05) is 0 Å². The second kappa shape index (κ2) is 7.53. The van der Waals surface area contributed by atoms with E-state index >= 15 is 0 Å². The van der Waals surface area contributed by atoms with E-state index < -0.39 is 34.5 Å². The molecule has 4 N–H and O–H groups in total. The van der Waals surface area contributed by atoms with Gasteiger partial charge in [0.2, 0.25) is 5.78 Å². The van der Waals surface area contributed by atoms with Crippen molar-refractivity contribution in [3.63, 3.8) is 0 Å². The molecule has 30 heavy (non-hydrogen) atoms. The minimum Gasteiger partial charge on any atom is -0.366 e. The highest BCUT2D eigenvalue weighted by molar-refractivity contribution is 6.30. The fourth-order valence-corrected chi connectivity index (χ4v) is 3.22. The van der Waals surface area contributed by atoms with Crippen LogP contribution in [0.5, 0.6) is 0 Å². The van der Waals surface area contributed by atoms with Crippen molar-refractivity contribution in [2.45, 2.75) is 0 Å². The number of anilines is 2. The summed E-state index contributed by atoms with van der Waals surface area (Å²) < 4.78 is 29.0. The summed E-state index contributed by atoms with van der Waals surface area (Å²) in [5.41, 5.74) is 4.38. The maximum atomic E-state index is 14.7. The maximum Gasteiger partial charge on any atom is 0.251 e. The lowest BCUT2D eigenvalue weighted by Crippen LogP contribution is -2.17. The molecule has 150 valence electrons. The largest absolute Gasteiger partial charge is 0.366 e. The maximum absolute atomic E-state index is 14.7. The normalized spacial score (nSPS) is 10.9. The molecule has 0 aliphatic heterocycles. The van der Waals surface area contributed by atoms with Gasteiger partial charge in [-0.15, -0.1) is 0 Å². The van der Waals surface area contributed by atoms with E-state index in [1.54, 1.807) is 24.3 Å². The second-order valence-electron chi connectivity index (χ2n) is 6.26. The number of ketones is 1. The van der Waals surface area contributed by atoms with Crippen molar-refractivity contribution >= 4 is 45.8 Å². The molecule has 0 fully saturated rings. The monoisotopic (exact) mass is 427 g/mol. The number of nitrogens with zero attached hydrogens (tertiary/aromatic N) is 2. The van der Waals surface area contributed by atoms with Gasteiger partial charge in [0.05, 0.1) is 22.1 Å². The number of carbonyl (C=O) groups excluding carboxylic acids is 2. The van der Waals surface area contributed by atoms with Gasteiger partial charge in [0, 0.05) is 16.9 Å². The molecule has 0 atom stereocenters. The summed E-state index contributed by atoms with van der Waals surface area (Å²) in [6.45, 7) is 0. The van der Waals surface area contributed by atoms with Gasteiger partial charge < -0.3 is 16.0 Å². The molecule has 2 heterocycles. The number of amides is 1. The zero-order valence-corrected chi connectivity index (χ0v) is 15.8. The Bertz CT molecular complexity index is 1320. The van der Waals surface area contributed by atoms with E-state index in [-0.39, 0.29) is 22.4 Å². The van der Waals surface area contributed by atoms with Gasteiger partial charge in [-0.05, 0) is 30.3 Å². The standard InChI is InChI=1S/C20H12ClF2N5O2/c21-9-2-1-3-10(6-9)28-20-14-12(7-25-19(14)26-8-27-20)17(29)15-13(22)5-4-11(16(15)23)18(24)30/h1-8H,(H2,24,30)(H2,25,26,27,28). The van der Waals surface area contributed by atoms with E-state index in [2.05, 4.69) is 20.3 Å². The van der Waals surface area contributed by atoms with Crippen LogP contribution in [-0.2, 0) is 0 Å². The molecule has 0 saturated heterocycles. The highest BCUT2D eigenvalue weighted by Gasteiger charge is 2.27. The molecule has 2 aromatic carbocycles. The summed E-state index contributed by atoms with van der Waals surface area (Å²) in [6.07, 6.45) is 2.52. The van der Waals surface area contributed by atoms with Crippen molar-refractivity contribution in [2.24, 2.45) is 5.73 Å². The van der Waals surface area contributed by atoms with Gasteiger partial charge in [-0.25, -0.2) is 18.7 Å². The lowest BCUT2D eigenvalue weighted by atomic mass is 9.99. The van der Waals surface area contributed by atoms with Crippen LogP contribution in [0.2, 0.25) is 5.02 Å². The Balaban J connectivity index is 1.86. The molecule has 0 unspecified atom stereocenters. The van der Waals surface area contributed by atoms with E-state index in [9.17, 15) is 18.4 Å². The number of H-pyrrole nitrogens is 1. The number of nitrogens with two attached hydrogens (primary N) is 1. The molecule has 0 spiro atoms. The van der Waals surface area contributed by atoms with Gasteiger partial charge in [0.15, 0.2) is 0 Å². The van der Waals surface area contributed by atoms with Crippen LogP contribution in [0.1, 0.15) is 26.3 Å². The number of rotatable bonds is 5. The van der Waals surface area contributed by atoms with Crippen LogP contribution >= 0.6 is 11.6 Å². The number of primary amides is 1. The molecular weight excluding hydrogens is 416 g/mol. The topological polar surface area (TPSA) is 114 Å². The van der Waals surface area contributed by atoms with Crippen molar-refractivity contribution in [1.82, 2.24) is 15.0 Å². The fraction of sp³-hybridized carbons (Fsp3) is 0. The van der Waals surface area contributed by atoms with Crippen LogP contribution in [0.4, 0.5) is 20.3 Å². The zero-order chi connectivity index (χ0) is 21.4. The van der Waals surface area contributed by atoms with Crippen LogP contribution in [0.15, 0.2) is 48.9 Å². The third-order valence-corrected chi connectivity index (χ3v) is 4.62. The summed E-state index contributed by atoms with van der Waals surface area (Å²) in [7, 11) is 0. The highest BCUT2D eigenvalue weighted by atomic mass is 35.5. The number of fused-ring (bicyclic) bond motifs is 1. The van der Waals surface area contributed by atoms with Crippen molar-refractivity contribution in [3.8, 4) is 0 Å². The summed E-state index contributed by atoms with van der Waals surface area (Å²) in [6, 6.07) is 8.46. The molecular formula is C20H12ClF2N5O2. The summed E-state index contributed by atoms with van der Waals surface area (Å²) in [4.78, 5) is 35.4. The molecule has 7 nitrogen and oxygen atoms in total. The van der Waals surface area contributed by atoms with Gasteiger partial charge in [-0.1, -0.05) is 17.7 Å². The quantitative estimate of drug-likeness (QED) is 0.417. The highest BCUT2D eigenvalue weighted by Crippen LogP contribution is 2.30. The first-order valence-electron chi connectivity index (χ1n) is 8.54. The first kappa shape index (κ1) is 19.5. The lowest BCUT2D eigenvalue weighted by Gasteiger charge is -2.09. The minimum absolute atomic E-state index is 0.0884. The van der Waals surface area contributed by atoms with Crippen LogP contribution in [-0.4, -0.2) is 26.6 Å². The number of hydrogen-bond acceptors (Lipinski definition) is 5. The van der Waals surface area contributed by atoms with Crippen LogP contribution in [0.3, 0.4) is 0 Å².